The number of hydrogen-bond donors (Lipinski definition) is 3. The van der Waals surface area contributed by atoms with Crippen LogP contribution in [-0.2, 0) is 0 Å². The number of piperidine rings is 1. The molecule has 5 heteroatoms. The molecule has 1 aromatic rings. The van der Waals surface area contributed by atoms with Gasteiger partial charge >= 0.3 is 0 Å². The van der Waals surface area contributed by atoms with E-state index in [9.17, 15) is 4.39 Å². The number of halogens is 1. The summed E-state index contributed by atoms with van der Waals surface area (Å²) in [5.74, 6) is -0.0414. The normalized spacial score (nSPS) is 19.5. The molecule has 1 heterocycles. The number of nitrogens with one attached hydrogen (secondary N) is 1. The maximum atomic E-state index is 13.3. The Bertz CT molecular complexity index is 462. The molecule has 0 aromatic heterocycles. The average molecular weight is 265 g/mol. The van der Waals surface area contributed by atoms with E-state index in [2.05, 4.69) is 4.90 Å². The summed E-state index contributed by atoms with van der Waals surface area (Å²) in [7, 11) is 0. The van der Waals surface area contributed by atoms with Gasteiger partial charge in [0.15, 0.2) is 0 Å². The molecule has 1 aliphatic heterocycles. The number of rotatable bonds is 4. The van der Waals surface area contributed by atoms with Crippen molar-refractivity contribution >= 4 is 11.5 Å². The second-order valence-electron chi connectivity index (χ2n) is 5.04. The number of aliphatic hydroxyl groups excluding tert-OH is 1. The van der Waals surface area contributed by atoms with Crippen LogP contribution in [0.1, 0.15) is 24.8 Å². The lowest BCUT2D eigenvalue weighted by atomic mass is 9.94. The Balaban J connectivity index is 2.23. The molecule has 1 fully saturated rings. The largest absolute Gasteiger partial charge is 0.396 e. The Labute approximate surface area is 112 Å². The minimum atomic E-state index is -0.377. The number of aliphatic hydroxyl groups is 1. The predicted molar refractivity (Wildman–Crippen MR) is 74.1 cm³/mol. The second-order valence-corrected chi connectivity index (χ2v) is 5.04. The SMILES string of the molecule is N=C(N)c1cc(F)ccc1N1CCCC(CCO)C1. The van der Waals surface area contributed by atoms with Crippen molar-refractivity contribution in [2.24, 2.45) is 11.7 Å². The second kappa shape index (κ2) is 6.02. The van der Waals surface area contributed by atoms with E-state index in [-0.39, 0.29) is 18.3 Å². The van der Waals surface area contributed by atoms with Gasteiger partial charge in [-0.2, -0.15) is 0 Å². The van der Waals surface area contributed by atoms with Crippen LogP contribution in [0.25, 0.3) is 0 Å². The quantitative estimate of drug-likeness (QED) is 0.573. The topological polar surface area (TPSA) is 73.3 Å². The van der Waals surface area contributed by atoms with Gasteiger partial charge in [-0.3, -0.25) is 5.41 Å². The zero-order valence-corrected chi connectivity index (χ0v) is 10.9. The first-order valence-corrected chi connectivity index (χ1v) is 6.61. The molecule has 1 aromatic carbocycles. The van der Waals surface area contributed by atoms with Crippen LogP contribution in [0.5, 0.6) is 0 Å². The van der Waals surface area contributed by atoms with Crippen LogP contribution in [0.3, 0.4) is 0 Å². The maximum absolute atomic E-state index is 13.3. The van der Waals surface area contributed by atoms with E-state index in [1.165, 1.54) is 12.1 Å². The van der Waals surface area contributed by atoms with Gasteiger partial charge in [0.05, 0.1) is 0 Å². The van der Waals surface area contributed by atoms with Crippen molar-refractivity contribution in [3.05, 3.63) is 29.6 Å². The first-order valence-electron chi connectivity index (χ1n) is 6.61. The van der Waals surface area contributed by atoms with Crippen LogP contribution in [-0.4, -0.2) is 30.6 Å². The van der Waals surface area contributed by atoms with Crippen LogP contribution < -0.4 is 10.6 Å². The molecule has 1 saturated heterocycles. The average Bonchev–Trinajstić information content (AvgIpc) is 2.39. The molecule has 1 atom stereocenters. The van der Waals surface area contributed by atoms with Crippen LogP contribution in [0, 0.1) is 17.1 Å². The molecule has 0 bridgehead atoms. The van der Waals surface area contributed by atoms with Crippen molar-refractivity contribution in [2.75, 3.05) is 24.6 Å². The fourth-order valence-electron chi connectivity index (χ4n) is 2.70. The van der Waals surface area contributed by atoms with Gasteiger partial charge in [0, 0.05) is 30.9 Å². The lowest BCUT2D eigenvalue weighted by Gasteiger charge is -2.35. The third-order valence-electron chi connectivity index (χ3n) is 3.65. The molecule has 104 valence electrons. The predicted octanol–water partition coefficient (Wildman–Crippen LogP) is 1.71. The van der Waals surface area contributed by atoms with Crippen LogP contribution in [0.15, 0.2) is 18.2 Å². The minimum Gasteiger partial charge on any atom is -0.396 e. The molecule has 0 radical (unpaired) electrons. The van der Waals surface area contributed by atoms with E-state index in [0.29, 0.717) is 11.5 Å². The van der Waals surface area contributed by atoms with E-state index >= 15 is 0 Å². The Morgan fingerprint density at radius 3 is 3.00 bits per heavy atom. The summed E-state index contributed by atoms with van der Waals surface area (Å²) >= 11 is 0. The lowest BCUT2D eigenvalue weighted by Crippen LogP contribution is -2.37. The molecule has 2 rings (SSSR count). The van der Waals surface area contributed by atoms with Crippen molar-refractivity contribution in [3.63, 3.8) is 0 Å². The highest BCUT2D eigenvalue weighted by Gasteiger charge is 2.22. The fraction of sp³-hybridized carbons (Fsp3) is 0.500. The molecular weight excluding hydrogens is 245 g/mol. The smallest absolute Gasteiger partial charge is 0.125 e. The van der Waals surface area contributed by atoms with Crippen molar-refractivity contribution < 1.29 is 9.50 Å². The van der Waals surface area contributed by atoms with Crippen molar-refractivity contribution in [2.45, 2.75) is 19.3 Å². The van der Waals surface area contributed by atoms with Gasteiger partial charge in [0.25, 0.3) is 0 Å². The first-order chi connectivity index (χ1) is 9.11. The van der Waals surface area contributed by atoms with Crippen molar-refractivity contribution in [1.82, 2.24) is 0 Å². The third kappa shape index (κ3) is 3.23. The molecule has 0 amide bonds. The van der Waals surface area contributed by atoms with Crippen molar-refractivity contribution in [3.8, 4) is 0 Å². The van der Waals surface area contributed by atoms with E-state index in [0.717, 1.165) is 38.0 Å². The minimum absolute atomic E-state index is 0.112. The van der Waals surface area contributed by atoms with Crippen LogP contribution >= 0.6 is 0 Å². The first kappa shape index (κ1) is 13.8. The highest BCUT2D eigenvalue weighted by Crippen LogP contribution is 2.28. The van der Waals surface area contributed by atoms with Gasteiger partial charge in [-0.25, -0.2) is 4.39 Å². The molecule has 19 heavy (non-hydrogen) atoms. The fourth-order valence-corrected chi connectivity index (χ4v) is 2.70. The highest BCUT2D eigenvalue weighted by molar-refractivity contribution is 6.00. The standard InChI is InChI=1S/C14H20FN3O/c15-11-3-4-13(12(8-11)14(16)17)18-6-1-2-10(9-18)5-7-19/h3-4,8,10,19H,1-2,5-7,9H2,(H3,16,17). The van der Waals surface area contributed by atoms with E-state index in [1.807, 2.05) is 0 Å². The van der Waals surface area contributed by atoms with Gasteiger partial charge in [-0.15, -0.1) is 0 Å². The molecular formula is C14H20FN3O. The summed E-state index contributed by atoms with van der Waals surface area (Å²) in [6, 6.07) is 4.40. The van der Waals surface area contributed by atoms with Gasteiger partial charge in [-0.05, 0) is 43.4 Å². The number of nitrogens with zero attached hydrogens (tertiary/aromatic N) is 1. The summed E-state index contributed by atoms with van der Waals surface area (Å²) in [6.07, 6.45) is 2.93. The summed E-state index contributed by atoms with van der Waals surface area (Å²) in [5, 5.41) is 16.6. The van der Waals surface area contributed by atoms with Crippen LogP contribution in [0.4, 0.5) is 10.1 Å². The molecule has 4 nitrogen and oxygen atoms in total. The number of hydrogen-bond acceptors (Lipinski definition) is 3. The number of amidine groups is 1. The Kier molecular flexibility index (Phi) is 4.37. The third-order valence-corrected chi connectivity index (χ3v) is 3.65. The van der Waals surface area contributed by atoms with Crippen molar-refractivity contribution in [1.29, 1.82) is 5.41 Å². The lowest BCUT2D eigenvalue weighted by molar-refractivity contribution is 0.244. The number of nitrogen functional groups attached to an aromatic ring is 1. The monoisotopic (exact) mass is 265 g/mol. The molecule has 4 N–H and O–H groups in total. The zero-order chi connectivity index (χ0) is 13.8. The Morgan fingerprint density at radius 1 is 1.53 bits per heavy atom. The van der Waals surface area contributed by atoms with E-state index < -0.39 is 0 Å². The Morgan fingerprint density at radius 2 is 2.32 bits per heavy atom. The molecule has 0 saturated carbocycles. The molecule has 1 unspecified atom stereocenters. The van der Waals surface area contributed by atoms with Gasteiger partial charge in [0.1, 0.15) is 11.7 Å². The number of nitrogens with two attached hydrogens (primary N) is 1. The summed E-state index contributed by atoms with van der Waals surface area (Å²) in [5.41, 5.74) is 6.80. The molecule has 1 aliphatic rings. The van der Waals surface area contributed by atoms with Crippen LogP contribution in [0.2, 0.25) is 0 Å². The molecule has 0 aliphatic carbocycles. The summed E-state index contributed by atoms with van der Waals surface area (Å²) in [4.78, 5) is 2.14. The maximum Gasteiger partial charge on any atom is 0.125 e. The number of benzene rings is 1. The Hall–Kier alpha value is -1.62. The van der Waals surface area contributed by atoms with Gasteiger partial charge in [-0.1, -0.05) is 0 Å². The van der Waals surface area contributed by atoms with Gasteiger partial charge < -0.3 is 15.7 Å². The zero-order valence-electron chi connectivity index (χ0n) is 10.9. The van der Waals surface area contributed by atoms with E-state index in [1.54, 1.807) is 6.07 Å². The number of anilines is 1. The van der Waals surface area contributed by atoms with Gasteiger partial charge in [0.2, 0.25) is 0 Å². The molecule has 0 spiro atoms. The summed E-state index contributed by atoms with van der Waals surface area (Å²) in [6.45, 7) is 1.90. The van der Waals surface area contributed by atoms with E-state index in [4.69, 9.17) is 16.2 Å². The highest BCUT2D eigenvalue weighted by atomic mass is 19.1. The summed E-state index contributed by atoms with van der Waals surface area (Å²) < 4.78 is 13.3.